The summed E-state index contributed by atoms with van der Waals surface area (Å²) >= 11 is 3.24. The Hall–Kier alpha value is -1.69. The van der Waals surface area contributed by atoms with E-state index in [1.165, 1.54) is 6.07 Å². The van der Waals surface area contributed by atoms with Gasteiger partial charge >= 0.3 is 6.18 Å². The van der Waals surface area contributed by atoms with Crippen molar-refractivity contribution in [2.45, 2.75) is 6.18 Å². The van der Waals surface area contributed by atoms with E-state index >= 15 is 0 Å². The number of aromatic nitrogens is 1. The molecule has 1 heterocycles. The van der Waals surface area contributed by atoms with Gasteiger partial charge in [-0.1, -0.05) is 28.1 Å². The molecule has 19 heavy (non-hydrogen) atoms. The lowest BCUT2D eigenvalue weighted by Crippen LogP contribution is -2.09. The standard InChI is InChI=1S/C13H7BrF3NO/c14-10-3-1-8(2-4-10)9-5-11(7-19)18-12(6-9)13(15,16)17/h1-7H. The molecule has 98 valence electrons. The molecule has 0 unspecified atom stereocenters. The van der Waals surface area contributed by atoms with Crippen LogP contribution in [0.5, 0.6) is 0 Å². The lowest BCUT2D eigenvalue weighted by atomic mass is 10.0. The number of carbonyl (C=O) groups excluding carboxylic acids is 1. The van der Waals surface area contributed by atoms with Crippen LogP contribution in [0.25, 0.3) is 11.1 Å². The lowest BCUT2D eigenvalue weighted by molar-refractivity contribution is -0.141. The van der Waals surface area contributed by atoms with Crippen LogP contribution in [0, 0.1) is 0 Å². The monoisotopic (exact) mass is 329 g/mol. The van der Waals surface area contributed by atoms with E-state index < -0.39 is 11.9 Å². The first kappa shape index (κ1) is 13.7. The summed E-state index contributed by atoms with van der Waals surface area (Å²) in [5.41, 5.74) is -0.432. The third-order valence-corrected chi connectivity index (χ3v) is 2.96. The molecule has 2 nitrogen and oxygen atoms in total. The second kappa shape index (κ2) is 5.13. The minimum Gasteiger partial charge on any atom is -0.296 e. The lowest BCUT2D eigenvalue weighted by Gasteiger charge is -2.09. The average molecular weight is 330 g/mol. The van der Waals surface area contributed by atoms with E-state index in [2.05, 4.69) is 20.9 Å². The third-order valence-electron chi connectivity index (χ3n) is 2.43. The van der Waals surface area contributed by atoms with Crippen LogP contribution in [0.2, 0.25) is 0 Å². The fraction of sp³-hybridized carbons (Fsp3) is 0.0769. The van der Waals surface area contributed by atoms with E-state index in [9.17, 15) is 18.0 Å². The van der Waals surface area contributed by atoms with Gasteiger partial charge in [-0.3, -0.25) is 4.79 Å². The molecule has 0 spiro atoms. The summed E-state index contributed by atoms with van der Waals surface area (Å²) in [6.45, 7) is 0. The van der Waals surface area contributed by atoms with Crippen LogP contribution in [0.4, 0.5) is 13.2 Å². The van der Waals surface area contributed by atoms with Gasteiger partial charge in [0.15, 0.2) is 6.29 Å². The Morgan fingerprint density at radius 3 is 2.21 bits per heavy atom. The van der Waals surface area contributed by atoms with Gasteiger partial charge in [0.25, 0.3) is 0 Å². The highest BCUT2D eigenvalue weighted by atomic mass is 79.9. The zero-order valence-corrected chi connectivity index (χ0v) is 11.0. The molecular formula is C13H7BrF3NO. The van der Waals surface area contributed by atoms with Crippen molar-refractivity contribution in [3.63, 3.8) is 0 Å². The second-order valence-corrected chi connectivity index (χ2v) is 4.70. The Morgan fingerprint density at radius 1 is 1.05 bits per heavy atom. The van der Waals surface area contributed by atoms with Crippen LogP contribution in [0.1, 0.15) is 16.2 Å². The molecular weight excluding hydrogens is 323 g/mol. The van der Waals surface area contributed by atoms with Gasteiger partial charge in [-0.25, -0.2) is 4.98 Å². The predicted octanol–water partition coefficient (Wildman–Crippen LogP) is 4.34. The van der Waals surface area contributed by atoms with Crippen molar-refractivity contribution < 1.29 is 18.0 Å². The van der Waals surface area contributed by atoms with Gasteiger partial charge in [0, 0.05) is 4.47 Å². The highest BCUT2D eigenvalue weighted by molar-refractivity contribution is 9.10. The van der Waals surface area contributed by atoms with E-state index in [-0.39, 0.29) is 5.69 Å². The van der Waals surface area contributed by atoms with Crippen molar-refractivity contribution in [3.05, 3.63) is 52.3 Å². The molecule has 0 saturated carbocycles. The van der Waals surface area contributed by atoms with Crippen molar-refractivity contribution in [3.8, 4) is 11.1 Å². The average Bonchev–Trinajstić information content (AvgIpc) is 2.38. The summed E-state index contributed by atoms with van der Waals surface area (Å²) in [7, 11) is 0. The van der Waals surface area contributed by atoms with Gasteiger partial charge in [0.05, 0.1) is 0 Å². The molecule has 0 aliphatic rings. The number of carbonyl (C=O) groups is 1. The number of pyridine rings is 1. The quantitative estimate of drug-likeness (QED) is 0.767. The van der Waals surface area contributed by atoms with Crippen molar-refractivity contribution in [1.82, 2.24) is 4.98 Å². The SMILES string of the molecule is O=Cc1cc(-c2ccc(Br)cc2)cc(C(F)(F)F)n1. The van der Waals surface area contributed by atoms with E-state index in [4.69, 9.17) is 0 Å². The molecule has 2 aromatic rings. The maximum absolute atomic E-state index is 12.7. The fourth-order valence-electron chi connectivity index (χ4n) is 1.57. The summed E-state index contributed by atoms with van der Waals surface area (Å²) in [5.74, 6) is 0. The van der Waals surface area contributed by atoms with Gasteiger partial charge in [-0.15, -0.1) is 0 Å². The van der Waals surface area contributed by atoms with Crippen LogP contribution < -0.4 is 0 Å². The maximum Gasteiger partial charge on any atom is 0.433 e. The molecule has 1 aromatic carbocycles. The predicted molar refractivity (Wildman–Crippen MR) is 67.8 cm³/mol. The molecule has 0 saturated heterocycles. The van der Waals surface area contributed by atoms with Crippen LogP contribution in [0.15, 0.2) is 40.9 Å². The number of rotatable bonds is 2. The minimum atomic E-state index is -4.58. The van der Waals surface area contributed by atoms with Gasteiger partial charge in [0.2, 0.25) is 0 Å². The first-order chi connectivity index (χ1) is 8.90. The van der Waals surface area contributed by atoms with E-state index in [0.29, 0.717) is 17.4 Å². The first-order valence-corrected chi connectivity index (χ1v) is 6.00. The number of alkyl halides is 3. The van der Waals surface area contributed by atoms with Crippen LogP contribution in [0.3, 0.4) is 0 Å². The summed E-state index contributed by atoms with van der Waals surface area (Å²) < 4.78 is 38.9. The molecule has 0 fully saturated rings. The number of benzene rings is 1. The van der Waals surface area contributed by atoms with Crippen LogP contribution in [-0.2, 0) is 6.18 Å². The smallest absolute Gasteiger partial charge is 0.296 e. The molecule has 2 rings (SSSR count). The van der Waals surface area contributed by atoms with Gasteiger partial charge in [0.1, 0.15) is 11.4 Å². The summed E-state index contributed by atoms with van der Waals surface area (Å²) in [6.07, 6.45) is -4.28. The minimum absolute atomic E-state index is 0.243. The molecule has 0 bridgehead atoms. The van der Waals surface area contributed by atoms with Crippen molar-refractivity contribution in [2.75, 3.05) is 0 Å². The molecule has 6 heteroatoms. The van der Waals surface area contributed by atoms with E-state index in [1.54, 1.807) is 24.3 Å². The highest BCUT2D eigenvalue weighted by Crippen LogP contribution is 2.31. The van der Waals surface area contributed by atoms with E-state index in [0.717, 1.165) is 10.5 Å². The van der Waals surface area contributed by atoms with Gasteiger partial charge < -0.3 is 0 Å². The summed E-state index contributed by atoms with van der Waals surface area (Å²) in [6, 6.07) is 9.00. The largest absolute Gasteiger partial charge is 0.433 e. The van der Waals surface area contributed by atoms with Crippen LogP contribution >= 0.6 is 15.9 Å². The Morgan fingerprint density at radius 2 is 1.68 bits per heavy atom. The number of nitrogens with zero attached hydrogens (tertiary/aromatic N) is 1. The molecule has 0 amide bonds. The molecule has 0 atom stereocenters. The molecule has 0 aliphatic heterocycles. The van der Waals surface area contributed by atoms with Gasteiger partial charge in [-0.2, -0.15) is 13.2 Å². The third kappa shape index (κ3) is 3.20. The Kier molecular flexibility index (Phi) is 3.71. The molecule has 0 radical (unpaired) electrons. The zero-order chi connectivity index (χ0) is 14.0. The van der Waals surface area contributed by atoms with Crippen molar-refractivity contribution >= 4 is 22.2 Å². The Balaban J connectivity index is 2.57. The molecule has 0 N–H and O–H groups in total. The highest BCUT2D eigenvalue weighted by Gasteiger charge is 2.33. The molecule has 1 aromatic heterocycles. The number of hydrogen-bond donors (Lipinski definition) is 0. The normalized spacial score (nSPS) is 11.4. The Bertz CT molecular complexity index is 608. The number of aldehydes is 1. The maximum atomic E-state index is 12.7. The van der Waals surface area contributed by atoms with Gasteiger partial charge in [-0.05, 0) is 35.4 Å². The summed E-state index contributed by atoms with van der Waals surface area (Å²) in [5, 5.41) is 0. The van der Waals surface area contributed by atoms with Crippen LogP contribution in [-0.4, -0.2) is 11.3 Å². The molecule has 0 aliphatic carbocycles. The number of halogens is 4. The summed E-state index contributed by atoms with van der Waals surface area (Å²) in [4.78, 5) is 13.9. The number of hydrogen-bond acceptors (Lipinski definition) is 2. The fourth-order valence-corrected chi connectivity index (χ4v) is 1.83. The van der Waals surface area contributed by atoms with Crippen molar-refractivity contribution in [2.24, 2.45) is 0 Å². The zero-order valence-electron chi connectivity index (χ0n) is 9.41. The first-order valence-electron chi connectivity index (χ1n) is 5.20. The Labute approximate surface area is 115 Å². The van der Waals surface area contributed by atoms with E-state index in [1.807, 2.05) is 0 Å². The second-order valence-electron chi connectivity index (χ2n) is 3.79. The topological polar surface area (TPSA) is 30.0 Å². The van der Waals surface area contributed by atoms with Crippen molar-refractivity contribution in [1.29, 1.82) is 0 Å².